The van der Waals surface area contributed by atoms with Gasteiger partial charge in [0.15, 0.2) is 0 Å². The minimum atomic E-state index is 0.0742. The van der Waals surface area contributed by atoms with Gasteiger partial charge >= 0.3 is 7.12 Å². The van der Waals surface area contributed by atoms with Crippen molar-refractivity contribution in [2.24, 2.45) is 23.2 Å². The highest BCUT2D eigenvalue weighted by molar-refractivity contribution is 6.45. The lowest BCUT2D eigenvalue weighted by molar-refractivity contribution is -0.150. The van der Waals surface area contributed by atoms with E-state index in [4.69, 9.17) is 9.31 Å². The number of rotatable bonds is 2. The molecule has 0 radical (unpaired) electrons. The van der Waals surface area contributed by atoms with Gasteiger partial charge in [0.05, 0.1) is 12.2 Å². The zero-order chi connectivity index (χ0) is 11.5. The third-order valence-corrected chi connectivity index (χ3v) is 5.13. The molecule has 0 amide bonds. The molecule has 1 saturated heterocycles. The van der Waals surface area contributed by atoms with Crippen molar-refractivity contribution in [2.45, 2.75) is 59.1 Å². The summed E-state index contributed by atoms with van der Waals surface area (Å²) in [7, 11) is 0.0742. The van der Waals surface area contributed by atoms with Crippen LogP contribution in [0.15, 0.2) is 0 Å². The predicted molar refractivity (Wildman–Crippen MR) is 65.1 cm³/mol. The number of hydrogen-bond acceptors (Lipinski definition) is 2. The van der Waals surface area contributed by atoms with Crippen molar-refractivity contribution in [2.75, 3.05) is 0 Å². The minimum Gasteiger partial charge on any atom is -0.406 e. The van der Waals surface area contributed by atoms with Crippen LogP contribution in [0, 0.1) is 23.2 Å². The minimum absolute atomic E-state index is 0.0742. The topological polar surface area (TPSA) is 18.5 Å². The van der Waals surface area contributed by atoms with Gasteiger partial charge in [0.1, 0.15) is 0 Å². The molecule has 4 rings (SSSR count). The molecule has 4 atom stereocenters. The SMILES string of the molecule is CC(C)CB1O[C@H]2[C@H]3C[C@@H](C[C@H]2O1)C3(C)C. The standard InChI is InChI=1S/C13H23BO2/c1-8(2)7-14-15-11-6-9-5-10(12(11)16-14)13(9,3)4/h8-12H,5-7H2,1-4H3/t9-,10+,11+,12-/m0/s1. The molecular formula is C13H23BO2. The van der Waals surface area contributed by atoms with Gasteiger partial charge in [-0.1, -0.05) is 27.7 Å². The van der Waals surface area contributed by atoms with Gasteiger partial charge in [-0.3, -0.25) is 0 Å². The molecule has 4 fully saturated rings. The summed E-state index contributed by atoms with van der Waals surface area (Å²) >= 11 is 0. The average molecular weight is 222 g/mol. The zero-order valence-electron chi connectivity index (χ0n) is 10.9. The van der Waals surface area contributed by atoms with Crippen LogP contribution in [0.25, 0.3) is 0 Å². The molecule has 0 aromatic carbocycles. The van der Waals surface area contributed by atoms with Crippen molar-refractivity contribution in [3.8, 4) is 0 Å². The van der Waals surface area contributed by atoms with Crippen molar-refractivity contribution in [1.29, 1.82) is 0 Å². The summed E-state index contributed by atoms with van der Waals surface area (Å²) < 4.78 is 12.2. The second-order valence-electron chi connectivity index (χ2n) is 6.93. The molecule has 90 valence electrons. The molecule has 0 N–H and O–H groups in total. The first-order valence-electron chi connectivity index (χ1n) is 6.79. The third-order valence-electron chi connectivity index (χ3n) is 5.13. The molecule has 16 heavy (non-hydrogen) atoms. The largest absolute Gasteiger partial charge is 0.457 e. The molecule has 1 aliphatic heterocycles. The van der Waals surface area contributed by atoms with Gasteiger partial charge in [0.25, 0.3) is 0 Å². The van der Waals surface area contributed by atoms with Gasteiger partial charge in [-0.15, -0.1) is 0 Å². The molecule has 3 saturated carbocycles. The molecule has 0 aromatic heterocycles. The van der Waals surface area contributed by atoms with E-state index in [2.05, 4.69) is 27.7 Å². The summed E-state index contributed by atoms with van der Waals surface area (Å²) in [4.78, 5) is 0. The maximum atomic E-state index is 6.14. The van der Waals surface area contributed by atoms with Crippen LogP contribution in [0.1, 0.15) is 40.5 Å². The van der Waals surface area contributed by atoms with Crippen molar-refractivity contribution in [3.05, 3.63) is 0 Å². The normalized spacial score (nSPS) is 44.4. The Morgan fingerprint density at radius 2 is 2.00 bits per heavy atom. The molecule has 2 nitrogen and oxygen atoms in total. The lowest BCUT2D eigenvalue weighted by Gasteiger charge is -2.60. The van der Waals surface area contributed by atoms with E-state index in [1.807, 2.05) is 0 Å². The fraction of sp³-hybridized carbons (Fsp3) is 1.00. The predicted octanol–water partition coefficient (Wildman–Crippen LogP) is 2.98. The summed E-state index contributed by atoms with van der Waals surface area (Å²) in [6, 6.07) is 0. The molecule has 0 spiro atoms. The average Bonchev–Trinajstić information content (AvgIpc) is 2.57. The van der Waals surface area contributed by atoms with Crippen molar-refractivity contribution >= 4 is 7.12 Å². The van der Waals surface area contributed by atoms with Gasteiger partial charge < -0.3 is 9.31 Å². The molecule has 4 aliphatic rings. The van der Waals surface area contributed by atoms with Gasteiger partial charge in [0, 0.05) is 0 Å². The first kappa shape index (κ1) is 11.1. The van der Waals surface area contributed by atoms with Crippen LogP contribution in [-0.2, 0) is 9.31 Å². The second-order valence-corrected chi connectivity index (χ2v) is 6.93. The van der Waals surface area contributed by atoms with Gasteiger partial charge in [-0.2, -0.15) is 0 Å². The summed E-state index contributed by atoms with van der Waals surface area (Å²) in [5.74, 6) is 2.28. The molecule has 3 heteroatoms. The number of hydrogen-bond donors (Lipinski definition) is 0. The van der Waals surface area contributed by atoms with E-state index < -0.39 is 0 Å². The second kappa shape index (κ2) is 3.49. The van der Waals surface area contributed by atoms with E-state index in [0.717, 1.165) is 18.2 Å². The third kappa shape index (κ3) is 1.47. The van der Waals surface area contributed by atoms with E-state index >= 15 is 0 Å². The first-order valence-corrected chi connectivity index (χ1v) is 6.79. The van der Waals surface area contributed by atoms with Gasteiger partial charge in [-0.05, 0) is 42.3 Å². The monoisotopic (exact) mass is 222 g/mol. The summed E-state index contributed by atoms with van der Waals surface area (Å²) in [6.45, 7) is 9.28. The highest BCUT2D eigenvalue weighted by atomic mass is 16.7. The fourth-order valence-corrected chi connectivity index (χ4v) is 3.90. The highest BCUT2D eigenvalue weighted by Gasteiger charge is 2.61. The van der Waals surface area contributed by atoms with E-state index in [-0.39, 0.29) is 7.12 Å². The molecular weight excluding hydrogens is 199 g/mol. The van der Waals surface area contributed by atoms with Crippen LogP contribution in [0.2, 0.25) is 6.32 Å². The Labute approximate surface area is 99.2 Å². The van der Waals surface area contributed by atoms with Gasteiger partial charge in [-0.25, -0.2) is 0 Å². The fourth-order valence-electron chi connectivity index (χ4n) is 3.90. The lowest BCUT2D eigenvalue weighted by atomic mass is 9.47. The quantitative estimate of drug-likeness (QED) is 0.668. The van der Waals surface area contributed by atoms with E-state index in [9.17, 15) is 0 Å². The molecule has 0 unspecified atom stereocenters. The van der Waals surface area contributed by atoms with Crippen molar-refractivity contribution in [1.82, 2.24) is 0 Å². The van der Waals surface area contributed by atoms with E-state index in [1.54, 1.807) is 0 Å². The molecule has 3 aliphatic carbocycles. The van der Waals surface area contributed by atoms with E-state index in [1.165, 1.54) is 12.8 Å². The lowest BCUT2D eigenvalue weighted by Crippen LogP contribution is -2.59. The zero-order valence-corrected chi connectivity index (χ0v) is 10.9. The summed E-state index contributed by atoms with van der Waals surface area (Å²) in [5, 5.41) is 0. The summed E-state index contributed by atoms with van der Waals surface area (Å²) in [6.07, 6.45) is 4.43. The van der Waals surface area contributed by atoms with E-state index in [0.29, 0.717) is 23.5 Å². The molecule has 0 aromatic rings. The van der Waals surface area contributed by atoms with Gasteiger partial charge in [0.2, 0.25) is 0 Å². The highest BCUT2D eigenvalue weighted by Crippen LogP contribution is 2.61. The summed E-state index contributed by atoms with van der Waals surface area (Å²) in [5.41, 5.74) is 0.497. The maximum absolute atomic E-state index is 6.14. The molecule has 1 heterocycles. The Kier molecular flexibility index (Phi) is 2.42. The van der Waals surface area contributed by atoms with Crippen molar-refractivity contribution in [3.63, 3.8) is 0 Å². The first-order chi connectivity index (χ1) is 7.48. The van der Waals surface area contributed by atoms with Crippen LogP contribution in [0.4, 0.5) is 0 Å². The van der Waals surface area contributed by atoms with Crippen LogP contribution in [0.3, 0.4) is 0 Å². The van der Waals surface area contributed by atoms with Crippen molar-refractivity contribution < 1.29 is 9.31 Å². The van der Waals surface area contributed by atoms with Crippen LogP contribution in [-0.4, -0.2) is 19.3 Å². The smallest absolute Gasteiger partial charge is 0.406 e. The Morgan fingerprint density at radius 3 is 2.62 bits per heavy atom. The van der Waals surface area contributed by atoms with Crippen LogP contribution in [0.5, 0.6) is 0 Å². The Morgan fingerprint density at radius 1 is 1.25 bits per heavy atom. The van der Waals surface area contributed by atoms with Crippen LogP contribution >= 0.6 is 0 Å². The van der Waals surface area contributed by atoms with Crippen LogP contribution < -0.4 is 0 Å². The Bertz CT molecular complexity index is 290. The maximum Gasteiger partial charge on any atom is 0.457 e. The Hall–Kier alpha value is -0.0151. The molecule has 2 bridgehead atoms. The Balaban J connectivity index is 1.68.